The van der Waals surface area contributed by atoms with Gasteiger partial charge in [-0.15, -0.1) is 13.2 Å². The quantitative estimate of drug-likeness (QED) is 0.760. The van der Waals surface area contributed by atoms with E-state index < -0.39 is 10.0 Å². The Morgan fingerprint density at radius 3 is 2.68 bits per heavy atom. The summed E-state index contributed by atoms with van der Waals surface area (Å²) in [5.74, 6) is -0.319. The molecule has 2 atom stereocenters. The van der Waals surface area contributed by atoms with E-state index in [0.29, 0.717) is 24.8 Å². The minimum Gasteiger partial charge on any atom is -0.355 e. The second-order valence-electron chi connectivity index (χ2n) is 5.88. The van der Waals surface area contributed by atoms with Gasteiger partial charge in [0.05, 0.1) is 4.90 Å². The highest BCUT2D eigenvalue weighted by atomic mass is 32.2. The van der Waals surface area contributed by atoms with Crippen molar-refractivity contribution < 1.29 is 13.2 Å². The molecule has 134 valence electrons. The first-order chi connectivity index (χ1) is 12.0. The summed E-state index contributed by atoms with van der Waals surface area (Å²) in [6.45, 7) is 7.48. The molecule has 0 aliphatic carbocycles. The van der Waals surface area contributed by atoms with Crippen LogP contribution in [0.3, 0.4) is 0 Å². The second-order valence-corrected chi connectivity index (χ2v) is 7.72. The molecule has 1 aromatic rings. The van der Waals surface area contributed by atoms with Crippen LogP contribution in [-0.2, 0) is 10.0 Å². The van der Waals surface area contributed by atoms with Gasteiger partial charge in [-0.2, -0.15) is 4.31 Å². The van der Waals surface area contributed by atoms with Crippen LogP contribution in [0.15, 0.2) is 66.6 Å². The van der Waals surface area contributed by atoms with Crippen LogP contribution in [0.1, 0.15) is 29.6 Å². The number of hydrogen-bond acceptors (Lipinski definition) is 3. The first-order valence-corrected chi connectivity index (χ1v) is 9.63. The third kappa shape index (κ3) is 4.08. The molecule has 1 N–H and O–H groups in total. The summed E-state index contributed by atoms with van der Waals surface area (Å²) in [5.41, 5.74) is 0.316. The summed E-state index contributed by atoms with van der Waals surface area (Å²) >= 11 is 0. The van der Waals surface area contributed by atoms with Crippen molar-refractivity contribution in [3.05, 3.63) is 67.3 Å². The number of hydrogen-bond donors (Lipinski definition) is 1. The van der Waals surface area contributed by atoms with Crippen LogP contribution >= 0.6 is 0 Å². The van der Waals surface area contributed by atoms with Crippen LogP contribution in [0, 0.1) is 0 Å². The Balaban J connectivity index is 2.50. The largest absolute Gasteiger partial charge is 0.355 e. The third-order valence-corrected chi connectivity index (χ3v) is 6.17. The smallest absolute Gasteiger partial charge is 0.251 e. The van der Waals surface area contributed by atoms with Crippen molar-refractivity contribution in [1.29, 1.82) is 0 Å². The maximum absolute atomic E-state index is 13.3. The molecule has 0 radical (unpaired) electrons. The molecule has 0 unspecified atom stereocenters. The summed E-state index contributed by atoms with van der Waals surface area (Å²) in [5, 5.41) is 2.51. The van der Waals surface area contributed by atoms with Gasteiger partial charge in [-0.3, -0.25) is 4.79 Å². The fraction of sp³-hybridized carbons (Fsp3) is 0.316. The molecule has 0 aromatic heterocycles. The standard InChI is InChI=1S/C19H24N2O3S/c1-4-8-16-11-7-12-17(9-5-2)21(16)25(23,24)18-13-6-10-15(14-18)19(22)20-3/h4-7,10-11,13-14,16-17H,1-2,8-9,12H2,3H3,(H,20,22)/t16-,17-/m1/s1. The van der Waals surface area contributed by atoms with Crippen LogP contribution in [0.5, 0.6) is 0 Å². The fourth-order valence-electron chi connectivity index (χ4n) is 3.04. The van der Waals surface area contributed by atoms with Crippen molar-refractivity contribution in [1.82, 2.24) is 9.62 Å². The third-order valence-electron chi connectivity index (χ3n) is 4.20. The zero-order chi connectivity index (χ0) is 18.4. The summed E-state index contributed by atoms with van der Waals surface area (Å²) in [6, 6.07) is 5.64. The van der Waals surface area contributed by atoms with Gasteiger partial charge in [-0.25, -0.2) is 8.42 Å². The number of benzene rings is 1. The Hall–Kier alpha value is -2.18. The van der Waals surface area contributed by atoms with Crippen molar-refractivity contribution in [2.45, 2.75) is 36.2 Å². The lowest BCUT2D eigenvalue weighted by molar-refractivity contribution is 0.0963. The van der Waals surface area contributed by atoms with E-state index in [-0.39, 0.29) is 22.9 Å². The molecule has 1 heterocycles. The number of nitrogens with zero attached hydrogens (tertiary/aromatic N) is 1. The second kappa shape index (κ2) is 8.27. The normalized spacial score (nSPS) is 20.8. The topological polar surface area (TPSA) is 66.5 Å². The molecule has 0 saturated heterocycles. The van der Waals surface area contributed by atoms with E-state index in [1.165, 1.54) is 23.5 Å². The highest BCUT2D eigenvalue weighted by molar-refractivity contribution is 7.89. The first kappa shape index (κ1) is 19.1. The maximum atomic E-state index is 13.3. The number of nitrogens with one attached hydrogen (secondary N) is 1. The number of carbonyl (C=O) groups excluding carboxylic acids is 1. The van der Waals surface area contributed by atoms with Gasteiger partial charge in [0.15, 0.2) is 0 Å². The minimum atomic E-state index is -3.76. The molecule has 1 aliphatic heterocycles. The molecule has 0 fully saturated rings. The Bertz CT molecular complexity index is 784. The summed E-state index contributed by atoms with van der Waals surface area (Å²) in [7, 11) is -2.25. The van der Waals surface area contributed by atoms with Gasteiger partial charge in [-0.05, 0) is 37.5 Å². The molecule has 1 amide bonds. The lowest BCUT2D eigenvalue weighted by Gasteiger charge is -2.37. The number of carbonyl (C=O) groups is 1. The molecule has 5 nitrogen and oxygen atoms in total. The lowest BCUT2D eigenvalue weighted by Crippen LogP contribution is -2.47. The van der Waals surface area contributed by atoms with Crippen LogP contribution in [-0.4, -0.2) is 37.8 Å². The Morgan fingerprint density at radius 2 is 2.04 bits per heavy atom. The molecule has 1 aliphatic rings. The summed E-state index contributed by atoms with van der Waals surface area (Å²) in [4.78, 5) is 12.0. The van der Waals surface area contributed by atoms with Crippen LogP contribution in [0.2, 0.25) is 0 Å². The highest BCUT2D eigenvalue weighted by Crippen LogP contribution is 2.30. The molecule has 0 saturated carbocycles. The van der Waals surface area contributed by atoms with Gasteiger partial charge >= 0.3 is 0 Å². The monoisotopic (exact) mass is 360 g/mol. The van der Waals surface area contributed by atoms with Crippen molar-refractivity contribution >= 4 is 15.9 Å². The first-order valence-electron chi connectivity index (χ1n) is 8.19. The van der Waals surface area contributed by atoms with Crippen molar-refractivity contribution in [2.24, 2.45) is 0 Å². The SMILES string of the molecule is C=CC[C@@H]1CC=C[C@@H](CC=C)N1S(=O)(=O)c1cccc(C(=O)NC)c1. The molecule has 2 rings (SSSR count). The van der Waals surface area contributed by atoms with Gasteiger partial charge in [0.1, 0.15) is 0 Å². The van der Waals surface area contributed by atoms with Crippen LogP contribution in [0.4, 0.5) is 0 Å². The predicted molar refractivity (Wildman–Crippen MR) is 99.8 cm³/mol. The molecule has 25 heavy (non-hydrogen) atoms. The van der Waals surface area contributed by atoms with Gasteiger partial charge in [0.25, 0.3) is 5.91 Å². The van der Waals surface area contributed by atoms with Crippen molar-refractivity contribution in [3.63, 3.8) is 0 Å². The molecule has 0 spiro atoms. The van der Waals surface area contributed by atoms with E-state index in [4.69, 9.17) is 0 Å². The molecular formula is C19H24N2O3S. The van der Waals surface area contributed by atoms with Crippen LogP contribution in [0.25, 0.3) is 0 Å². The van der Waals surface area contributed by atoms with E-state index in [2.05, 4.69) is 18.5 Å². The molecule has 6 heteroatoms. The summed E-state index contributed by atoms with van der Waals surface area (Å²) in [6.07, 6.45) is 9.09. The minimum absolute atomic E-state index is 0.118. The van der Waals surface area contributed by atoms with Crippen LogP contribution < -0.4 is 5.32 Å². The molecular weight excluding hydrogens is 336 g/mol. The van der Waals surface area contributed by atoms with E-state index in [0.717, 1.165) is 0 Å². The van der Waals surface area contributed by atoms with Gasteiger partial charge < -0.3 is 5.32 Å². The van der Waals surface area contributed by atoms with E-state index >= 15 is 0 Å². The average Bonchev–Trinajstić information content (AvgIpc) is 2.61. The zero-order valence-corrected chi connectivity index (χ0v) is 15.2. The van der Waals surface area contributed by atoms with Crippen molar-refractivity contribution in [3.8, 4) is 0 Å². The number of rotatable bonds is 7. The Morgan fingerprint density at radius 1 is 1.32 bits per heavy atom. The fourth-order valence-corrected chi connectivity index (χ4v) is 4.88. The van der Waals surface area contributed by atoms with E-state index in [1.54, 1.807) is 24.3 Å². The average molecular weight is 360 g/mol. The summed E-state index contributed by atoms with van der Waals surface area (Å²) < 4.78 is 28.2. The van der Waals surface area contributed by atoms with E-state index in [9.17, 15) is 13.2 Å². The number of sulfonamides is 1. The van der Waals surface area contributed by atoms with Gasteiger partial charge in [0, 0.05) is 24.7 Å². The number of amides is 1. The van der Waals surface area contributed by atoms with Crippen molar-refractivity contribution in [2.75, 3.05) is 7.05 Å². The maximum Gasteiger partial charge on any atom is 0.251 e. The van der Waals surface area contributed by atoms with E-state index in [1.807, 2.05) is 12.2 Å². The predicted octanol–water partition coefficient (Wildman–Crippen LogP) is 2.89. The van der Waals surface area contributed by atoms with Gasteiger partial charge in [-0.1, -0.05) is 30.4 Å². The van der Waals surface area contributed by atoms with Gasteiger partial charge in [0.2, 0.25) is 10.0 Å². The Kier molecular flexibility index (Phi) is 6.33. The zero-order valence-electron chi connectivity index (χ0n) is 14.4. The lowest BCUT2D eigenvalue weighted by atomic mass is 10.0. The highest BCUT2D eigenvalue weighted by Gasteiger charge is 2.36. The molecule has 1 aromatic carbocycles. The Labute approximate surface area is 149 Å². The molecule has 0 bridgehead atoms.